The van der Waals surface area contributed by atoms with Crippen molar-refractivity contribution in [1.82, 2.24) is 4.98 Å². The number of hydrogen-bond donors (Lipinski definition) is 1. The number of ether oxygens (including phenoxy) is 2. The number of anilines is 1. The van der Waals surface area contributed by atoms with Crippen LogP contribution in [0.3, 0.4) is 0 Å². The van der Waals surface area contributed by atoms with E-state index in [0.717, 1.165) is 18.7 Å². The predicted molar refractivity (Wildman–Crippen MR) is 59.4 cm³/mol. The zero-order valence-electron chi connectivity index (χ0n) is 9.11. The molecule has 1 rings (SSSR count). The molecule has 0 aromatic carbocycles. The summed E-state index contributed by atoms with van der Waals surface area (Å²) in [5.41, 5.74) is 7.17. The molecule has 0 aliphatic carbocycles. The number of rotatable bonds is 7. The lowest BCUT2D eigenvalue weighted by Gasteiger charge is -2.04. The first kappa shape index (κ1) is 11.9. The molecule has 1 aromatic rings. The van der Waals surface area contributed by atoms with Crippen molar-refractivity contribution >= 4 is 5.69 Å². The van der Waals surface area contributed by atoms with Gasteiger partial charge in [0.1, 0.15) is 0 Å². The lowest BCUT2D eigenvalue weighted by atomic mass is 10.3. The number of nitrogen functional groups attached to an aromatic ring is 1. The van der Waals surface area contributed by atoms with Crippen LogP contribution in [0.5, 0.6) is 0 Å². The van der Waals surface area contributed by atoms with Crippen LogP contribution in [0.2, 0.25) is 0 Å². The van der Waals surface area contributed by atoms with Crippen molar-refractivity contribution in [3.05, 3.63) is 24.0 Å². The molecule has 0 amide bonds. The molecule has 1 heterocycles. The van der Waals surface area contributed by atoms with Crippen molar-refractivity contribution in [3.8, 4) is 0 Å². The minimum absolute atomic E-state index is 0.487. The van der Waals surface area contributed by atoms with Crippen LogP contribution in [0.4, 0.5) is 5.69 Å². The molecule has 0 unspecified atom stereocenters. The second-order valence-electron chi connectivity index (χ2n) is 3.25. The molecule has 0 saturated heterocycles. The second kappa shape index (κ2) is 7.20. The molecule has 0 radical (unpaired) electrons. The minimum atomic E-state index is 0.487. The van der Waals surface area contributed by atoms with E-state index in [-0.39, 0.29) is 0 Å². The monoisotopic (exact) mass is 210 g/mol. The molecule has 0 aliphatic rings. The molecular formula is C11H18N2O2. The third-order valence-corrected chi connectivity index (χ3v) is 1.81. The SMILES string of the molecule is CCCOCCOCc1cc(N)ccn1. The Labute approximate surface area is 90.4 Å². The molecule has 0 atom stereocenters. The Kier molecular flexibility index (Phi) is 5.73. The normalized spacial score (nSPS) is 10.5. The summed E-state index contributed by atoms with van der Waals surface area (Å²) in [4.78, 5) is 4.13. The van der Waals surface area contributed by atoms with Crippen LogP contribution < -0.4 is 5.73 Å². The van der Waals surface area contributed by atoms with Gasteiger partial charge in [0.2, 0.25) is 0 Å². The summed E-state index contributed by atoms with van der Waals surface area (Å²) in [5.74, 6) is 0. The van der Waals surface area contributed by atoms with Gasteiger partial charge in [0, 0.05) is 18.5 Å². The fourth-order valence-electron chi connectivity index (χ4n) is 1.12. The van der Waals surface area contributed by atoms with Crippen LogP contribution in [-0.4, -0.2) is 24.8 Å². The summed E-state index contributed by atoms with van der Waals surface area (Å²) in [6.07, 6.45) is 2.72. The summed E-state index contributed by atoms with van der Waals surface area (Å²) in [6.45, 7) is 4.59. The van der Waals surface area contributed by atoms with Gasteiger partial charge < -0.3 is 15.2 Å². The van der Waals surface area contributed by atoms with E-state index in [1.54, 1.807) is 12.3 Å². The number of aromatic nitrogens is 1. The fraction of sp³-hybridized carbons (Fsp3) is 0.545. The first-order valence-electron chi connectivity index (χ1n) is 5.19. The average Bonchev–Trinajstić information content (AvgIpc) is 2.23. The number of hydrogen-bond acceptors (Lipinski definition) is 4. The Bertz CT molecular complexity index is 279. The van der Waals surface area contributed by atoms with Crippen LogP contribution in [0, 0.1) is 0 Å². The van der Waals surface area contributed by atoms with Gasteiger partial charge in [-0.3, -0.25) is 4.98 Å². The van der Waals surface area contributed by atoms with Gasteiger partial charge in [-0.1, -0.05) is 6.92 Å². The molecule has 0 saturated carbocycles. The van der Waals surface area contributed by atoms with Gasteiger partial charge in [0.05, 0.1) is 25.5 Å². The predicted octanol–water partition coefficient (Wildman–Crippen LogP) is 1.61. The summed E-state index contributed by atoms with van der Waals surface area (Å²) in [6, 6.07) is 3.57. The molecule has 4 heteroatoms. The molecule has 0 fully saturated rings. The molecular weight excluding hydrogens is 192 g/mol. The summed E-state index contributed by atoms with van der Waals surface area (Å²) in [7, 11) is 0. The quantitative estimate of drug-likeness (QED) is 0.694. The average molecular weight is 210 g/mol. The van der Waals surface area contributed by atoms with Crippen LogP contribution in [0.1, 0.15) is 19.0 Å². The van der Waals surface area contributed by atoms with Gasteiger partial charge in [-0.15, -0.1) is 0 Å². The van der Waals surface area contributed by atoms with Crippen molar-refractivity contribution in [2.45, 2.75) is 20.0 Å². The Balaban J connectivity index is 2.10. The van der Waals surface area contributed by atoms with Crippen LogP contribution in [0.25, 0.3) is 0 Å². The highest BCUT2D eigenvalue weighted by atomic mass is 16.5. The number of pyridine rings is 1. The van der Waals surface area contributed by atoms with Crippen LogP contribution in [0.15, 0.2) is 18.3 Å². The first-order chi connectivity index (χ1) is 7.33. The lowest BCUT2D eigenvalue weighted by Crippen LogP contribution is -2.05. The first-order valence-corrected chi connectivity index (χ1v) is 5.19. The zero-order valence-corrected chi connectivity index (χ0v) is 9.11. The third kappa shape index (κ3) is 5.34. The highest BCUT2D eigenvalue weighted by Gasteiger charge is 1.95. The largest absolute Gasteiger partial charge is 0.399 e. The summed E-state index contributed by atoms with van der Waals surface area (Å²) < 4.78 is 10.7. The molecule has 4 nitrogen and oxygen atoms in total. The second-order valence-corrected chi connectivity index (χ2v) is 3.25. The fourth-order valence-corrected chi connectivity index (χ4v) is 1.12. The van der Waals surface area contributed by atoms with Crippen LogP contribution in [-0.2, 0) is 16.1 Å². The number of nitrogens with two attached hydrogens (primary N) is 1. The Morgan fingerprint density at radius 1 is 1.27 bits per heavy atom. The van der Waals surface area contributed by atoms with Gasteiger partial charge in [0.25, 0.3) is 0 Å². The molecule has 15 heavy (non-hydrogen) atoms. The van der Waals surface area contributed by atoms with E-state index >= 15 is 0 Å². The topological polar surface area (TPSA) is 57.4 Å². The van der Waals surface area contributed by atoms with E-state index in [2.05, 4.69) is 11.9 Å². The summed E-state index contributed by atoms with van der Waals surface area (Å²) in [5, 5.41) is 0. The Morgan fingerprint density at radius 3 is 2.80 bits per heavy atom. The Hall–Kier alpha value is -1.13. The third-order valence-electron chi connectivity index (χ3n) is 1.81. The maximum Gasteiger partial charge on any atom is 0.0889 e. The van der Waals surface area contributed by atoms with E-state index in [0.29, 0.717) is 25.5 Å². The van der Waals surface area contributed by atoms with E-state index in [1.807, 2.05) is 6.07 Å². The Morgan fingerprint density at radius 2 is 2.07 bits per heavy atom. The minimum Gasteiger partial charge on any atom is -0.399 e. The molecule has 0 spiro atoms. The van der Waals surface area contributed by atoms with E-state index in [1.165, 1.54) is 0 Å². The van der Waals surface area contributed by atoms with Crippen molar-refractivity contribution in [2.24, 2.45) is 0 Å². The van der Waals surface area contributed by atoms with Crippen LogP contribution >= 0.6 is 0 Å². The molecule has 1 aromatic heterocycles. The van der Waals surface area contributed by atoms with Crippen molar-refractivity contribution in [1.29, 1.82) is 0 Å². The zero-order chi connectivity index (χ0) is 10.9. The maximum atomic E-state index is 5.61. The standard InChI is InChI=1S/C11H18N2O2/c1-2-5-14-6-7-15-9-11-8-10(12)3-4-13-11/h3-4,8H,2,5-7,9H2,1H3,(H2,12,13). The maximum absolute atomic E-state index is 5.61. The van der Waals surface area contributed by atoms with Gasteiger partial charge in [-0.2, -0.15) is 0 Å². The van der Waals surface area contributed by atoms with Gasteiger partial charge >= 0.3 is 0 Å². The number of nitrogens with zero attached hydrogens (tertiary/aromatic N) is 1. The molecule has 84 valence electrons. The molecule has 0 aliphatic heterocycles. The van der Waals surface area contributed by atoms with Gasteiger partial charge in [-0.05, 0) is 18.6 Å². The highest BCUT2D eigenvalue weighted by Crippen LogP contribution is 2.03. The van der Waals surface area contributed by atoms with E-state index < -0.39 is 0 Å². The molecule has 2 N–H and O–H groups in total. The van der Waals surface area contributed by atoms with Gasteiger partial charge in [-0.25, -0.2) is 0 Å². The van der Waals surface area contributed by atoms with Crippen molar-refractivity contribution in [2.75, 3.05) is 25.6 Å². The summed E-state index contributed by atoms with van der Waals surface area (Å²) >= 11 is 0. The smallest absolute Gasteiger partial charge is 0.0889 e. The van der Waals surface area contributed by atoms with E-state index in [4.69, 9.17) is 15.2 Å². The highest BCUT2D eigenvalue weighted by molar-refractivity contribution is 5.36. The lowest BCUT2D eigenvalue weighted by molar-refractivity contribution is 0.0397. The van der Waals surface area contributed by atoms with Crippen molar-refractivity contribution in [3.63, 3.8) is 0 Å². The van der Waals surface area contributed by atoms with E-state index in [9.17, 15) is 0 Å². The molecule has 0 bridgehead atoms. The van der Waals surface area contributed by atoms with Crippen molar-refractivity contribution < 1.29 is 9.47 Å². The van der Waals surface area contributed by atoms with Gasteiger partial charge in [0.15, 0.2) is 0 Å².